The first-order valence-electron chi connectivity index (χ1n) is 10.1. The molecule has 1 N–H and O–H groups in total. The molecule has 0 spiro atoms. The molecule has 0 saturated heterocycles. The average molecular weight is 468 g/mol. The third-order valence-electron chi connectivity index (χ3n) is 5.45. The van der Waals surface area contributed by atoms with E-state index in [9.17, 15) is 9.59 Å². The number of carbonyl (C=O) groups excluding carboxylic acids is 2. The molecule has 0 radical (unpaired) electrons. The summed E-state index contributed by atoms with van der Waals surface area (Å²) in [6, 6.07) is 12.0. The van der Waals surface area contributed by atoms with Crippen molar-refractivity contribution in [1.29, 1.82) is 0 Å². The molecule has 0 aromatic heterocycles. The Morgan fingerprint density at radius 3 is 2.43 bits per heavy atom. The SMILES string of the molecule is C[C@@H](C(=O)NC1CCCC1)N(Cc1ccc(Cl)c(Cl)c1)C(=O)Cc1cccc(Cl)c1. The first-order valence-corrected chi connectivity index (χ1v) is 11.2. The number of hydrogen-bond acceptors (Lipinski definition) is 2. The van der Waals surface area contributed by atoms with Gasteiger partial charge in [0.15, 0.2) is 0 Å². The fourth-order valence-corrected chi connectivity index (χ4v) is 4.27. The zero-order valence-corrected chi connectivity index (χ0v) is 19.1. The number of amides is 2. The molecule has 2 amide bonds. The molecule has 4 nitrogen and oxygen atoms in total. The fraction of sp³-hybridized carbons (Fsp3) is 0.391. The normalized spacial score (nSPS) is 15.1. The van der Waals surface area contributed by atoms with E-state index in [1.54, 1.807) is 36.1 Å². The summed E-state index contributed by atoms with van der Waals surface area (Å²) in [6.07, 6.45) is 4.38. The summed E-state index contributed by atoms with van der Waals surface area (Å²) in [5.74, 6) is -0.293. The van der Waals surface area contributed by atoms with Crippen molar-refractivity contribution in [3.05, 3.63) is 68.7 Å². The van der Waals surface area contributed by atoms with Crippen LogP contribution in [-0.2, 0) is 22.6 Å². The summed E-state index contributed by atoms with van der Waals surface area (Å²) in [7, 11) is 0. The first-order chi connectivity index (χ1) is 14.3. The number of hydrogen-bond donors (Lipinski definition) is 1. The Hall–Kier alpha value is -1.75. The maximum Gasteiger partial charge on any atom is 0.242 e. The number of nitrogens with zero attached hydrogens (tertiary/aromatic N) is 1. The minimum atomic E-state index is -0.619. The summed E-state index contributed by atoms with van der Waals surface area (Å²) >= 11 is 18.2. The molecule has 1 aliphatic carbocycles. The number of nitrogens with one attached hydrogen (secondary N) is 1. The maximum atomic E-state index is 13.2. The van der Waals surface area contributed by atoms with Gasteiger partial charge in [0.25, 0.3) is 0 Å². The molecule has 160 valence electrons. The molecule has 0 bridgehead atoms. The van der Waals surface area contributed by atoms with E-state index < -0.39 is 6.04 Å². The zero-order chi connectivity index (χ0) is 21.7. The van der Waals surface area contributed by atoms with Gasteiger partial charge >= 0.3 is 0 Å². The van der Waals surface area contributed by atoms with E-state index in [-0.39, 0.29) is 30.8 Å². The Balaban J connectivity index is 1.79. The molecular weight excluding hydrogens is 443 g/mol. The second kappa shape index (κ2) is 10.5. The predicted octanol–water partition coefficient (Wildman–Crippen LogP) is 5.67. The molecule has 7 heteroatoms. The van der Waals surface area contributed by atoms with Crippen molar-refractivity contribution in [3.63, 3.8) is 0 Å². The van der Waals surface area contributed by atoms with Crippen LogP contribution in [0, 0.1) is 0 Å². The highest BCUT2D eigenvalue weighted by Crippen LogP contribution is 2.24. The Kier molecular flexibility index (Phi) is 8.04. The summed E-state index contributed by atoms with van der Waals surface area (Å²) in [5.41, 5.74) is 1.61. The van der Waals surface area contributed by atoms with Crippen LogP contribution in [0.4, 0.5) is 0 Å². The van der Waals surface area contributed by atoms with Gasteiger partial charge < -0.3 is 10.2 Å². The Morgan fingerprint density at radius 2 is 1.77 bits per heavy atom. The van der Waals surface area contributed by atoms with Crippen molar-refractivity contribution in [2.75, 3.05) is 0 Å². The molecule has 0 unspecified atom stereocenters. The Labute approximate surface area is 192 Å². The predicted molar refractivity (Wildman–Crippen MR) is 122 cm³/mol. The number of benzene rings is 2. The lowest BCUT2D eigenvalue weighted by Gasteiger charge is -2.30. The average Bonchev–Trinajstić information content (AvgIpc) is 3.21. The van der Waals surface area contributed by atoms with Gasteiger partial charge in [-0.05, 0) is 55.2 Å². The Bertz CT molecular complexity index is 913. The lowest BCUT2D eigenvalue weighted by Crippen LogP contribution is -2.50. The molecule has 0 aliphatic heterocycles. The van der Waals surface area contributed by atoms with E-state index in [2.05, 4.69) is 5.32 Å². The van der Waals surface area contributed by atoms with Crippen LogP contribution >= 0.6 is 34.8 Å². The van der Waals surface area contributed by atoms with Gasteiger partial charge in [0.05, 0.1) is 16.5 Å². The van der Waals surface area contributed by atoms with Crippen LogP contribution < -0.4 is 5.32 Å². The molecular formula is C23H25Cl3N2O2. The van der Waals surface area contributed by atoms with Crippen molar-refractivity contribution >= 4 is 46.6 Å². The van der Waals surface area contributed by atoms with Crippen LogP contribution in [0.1, 0.15) is 43.7 Å². The van der Waals surface area contributed by atoms with Gasteiger partial charge in [-0.2, -0.15) is 0 Å². The van der Waals surface area contributed by atoms with Crippen LogP contribution in [0.15, 0.2) is 42.5 Å². The largest absolute Gasteiger partial charge is 0.352 e. The molecule has 0 heterocycles. The lowest BCUT2D eigenvalue weighted by molar-refractivity contribution is -0.140. The summed E-state index contributed by atoms with van der Waals surface area (Å²) in [4.78, 5) is 27.7. The van der Waals surface area contributed by atoms with E-state index in [4.69, 9.17) is 34.8 Å². The topological polar surface area (TPSA) is 49.4 Å². The van der Waals surface area contributed by atoms with Crippen LogP contribution in [-0.4, -0.2) is 28.8 Å². The van der Waals surface area contributed by atoms with Crippen molar-refractivity contribution in [3.8, 4) is 0 Å². The highest BCUT2D eigenvalue weighted by molar-refractivity contribution is 6.42. The summed E-state index contributed by atoms with van der Waals surface area (Å²) in [6.45, 7) is 2.02. The van der Waals surface area contributed by atoms with Crippen LogP contribution in [0.25, 0.3) is 0 Å². The second-order valence-electron chi connectivity index (χ2n) is 7.74. The standard InChI is InChI=1S/C23H25Cl3N2O2/c1-15(23(30)27-19-7-2-3-8-19)28(14-17-9-10-20(25)21(26)12-17)22(29)13-16-5-4-6-18(24)11-16/h4-6,9-12,15,19H,2-3,7-8,13-14H2,1H3,(H,27,30)/t15-/m0/s1. The first kappa shape index (κ1) is 22.9. The van der Waals surface area contributed by atoms with E-state index in [1.807, 2.05) is 18.2 Å². The molecule has 1 atom stereocenters. The summed E-state index contributed by atoms with van der Waals surface area (Å²) < 4.78 is 0. The van der Waals surface area contributed by atoms with Gasteiger partial charge in [0, 0.05) is 17.6 Å². The van der Waals surface area contributed by atoms with Crippen molar-refractivity contribution < 1.29 is 9.59 Å². The fourth-order valence-electron chi connectivity index (χ4n) is 3.73. The third kappa shape index (κ3) is 6.13. The third-order valence-corrected chi connectivity index (χ3v) is 6.42. The van der Waals surface area contributed by atoms with Crippen LogP contribution in [0.3, 0.4) is 0 Å². The van der Waals surface area contributed by atoms with Gasteiger partial charge in [0.2, 0.25) is 11.8 Å². The highest BCUT2D eigenvalue weighted by atomic mass is 35.5. The van der Waals surface area contributed by atoms with E-state index in [0.717, 1.165) is 36.8 Å². The second-order valence-corrected chi connectivity index (χ2v) is 8.99. The van der Waals surface area contributed by atoms with Crippen molar-refractivity contribution in [1.82, 2.24) is 10.2 Å². The zero-order valence-electron chi connectivity index (χ0n) is 16.8. The quantitative estimate of drug-likeness (QED) is 0.571. The minimum Gasteiger partial charge on any atom is -0.352 e. The molecule has 2 aromatic carbocycles. The molecule has 30 heavy (non-hydrogen) atoms. The molecule has 1 aliphatic rings. The number of carbonyl (C=O) groups is 2. The van der Waals surface area contributed by atoms with Crippen molar-refractivity contribution in [2.24, 2.45) is 0 Å². The van der Waals surface area contributed by atoms with Crippen LogP contribution in [0.5, 0.6) is 0 Å². The lowest BCUT2D eigenvalue weighted by atomic mass is 10.1. The number of halogens is 3. The van der Waals surface area contributed by atoms with Gasteiger partial charge in [-0.15, -0.1) is 0 Å². The molecule has 3 rings (SSSR count). The van der Waals surface area contributed by atoms with Gasteiger partial charge in [-0.1, -0.05) is 65.8 Å². The van der Waals surface area contributed by atoms with Gasteiger partial charge in [-0.3, -0.25) is 9.59 Å². The number of rotatable bonds is 7. The van der Waals surface area contributed by atoms with Gasteiger partial charge in [-0.25, -0.2) is 0 Å². The van der Waals surface area contributed by atoms with Crippen molar-refractivity contribution in [2.45, 2.75) is 57.7 Å². The maximum absolute atomic E-state index is 13.2. The van der Waals surface area contributed by atoms with E-state index in [0.29, 0.717) is 15.1 Å². The van der Waals surface area contributed by atoms with E-state index >= 15 is 0 Å². The minimum absolute atomic E-state index is 0.138. The van der Waals surface area contributed by atoms with E-state index in [1.165, 1.54) is 0 Å². The monoisotopic (exact) mass is 466 g/mol. The van der Waals surface area contributed by atoms with Gasteiger partial charge in [0.1, 0.15) is 6.04 Å². The molecule has 1 saturated carbocycles. The molecule has 1 fully saturated rings. The molecule has 2 aromatic rings. The highest BCUT2D eigenvalue weighted by Gasteiger charge is 2.28. The van der Waals surface area contributed by atoms with Crippen LogP contribution in [0.2, 0.25) is 15.1 Å². The smallest absolute Gasteiger partial charge is 0.242 e. The summed E-state index contributed by atoms with van der Waals surface area (Å²) in [5, 5.41) is 4.53. The Morgan fingerprint density at radius 1 is 1.03 bits per heavy atom.